The molecule has 16 heavy (non-hydrogen) atoms. The van der Waals surface area contributed by atoms with Crippen molar-refractivity contribution in [3.8, 4) is 0 Å². The van der Waals surface area contributed by atoms with E-state index in [0.717, 1.165) is 25.7 Å². The zero-order valence-corrected chi connectivity index (χ0v) is 11.4. The van der Waals surface area contributed by atoms with Crippen LogP contribution in [0.25, 0.3) is 0 Å². The summed E-state index contributed by atoms with van der Waals surface area (Å²) in [6.45, 7) is 2.18. The van der Waals surface area contributed by atoms with Gasteiger partial charge in [-0.05, 0) is 32.6 Å². The number of rotatable bonds is 0. The van der Waals surface area contributed by atoms with E-state index in [9.17, 15) is 4.79 Å². The first-order valence-electron chi connectivity index (χ1n) is 6.18. The van der Waals surface area contributed by atoms with Gasteiger partial charge in [0.05, 0.1) is 4.08 Å². The van der Waals surface area contributed by atoms with Crippen LogP contribution in [0.4, 0.5) is 0 Å². The third-order valence-corrected chi connectivity index (χ3v) is 7.72. The summed E-state index contributed by atoms with van der Waals surface area (Å²) >= 11 is 4.19. The highest BCUT2D eigenvalue weighted by molar-refractivity contribution is 8.21. The van der Waals surface area contributed by atoms with Crippen molar-refractivity contribution >= 4 is 29.3 Å². The van der Waals surface area contributed by atoms with Gasteiger partial charge < -0.3 is 0 Å². The molecule has 3 aliphatic rings. The molecule has 1 saturated heterocycles. The van der Waals surface area contributed by atoms with Crippen LogP contribution in [0.5, 0.6) is 0 Å². The minimum atomic E-state index is -0.0901. The van der Waals surface area contributed by atoms with Crippen molar-refractivity contribution in [1.29, 1.82) is 0 Å². The van der Waals surface area contributed by atoms with E-state index in [1.807, 2.05) is 0 Å². The van der Waals surface area contributed by atoms with Crippen molar-refractivity contribution < 1.29 is 4.79 Å². The standard InChI is InChI=1S/C13H18OS2/c1-12-5-6-13(15-7-8-16-13)9-10(12)3-2-4-11(12)14/h9H,2-8H2,1H3/t12-/m1/s1. The van der Waals surface area contributed by atoms with Crippen molar-refractivity contribution in [2.75, 3.05) is 11.5 Å². The van der Waals surface area contributed by atoms with Gasteiger partial charge in [-0.1, -0.05) is 11.6 Å². The van der Waals surface area contributed by atoms with E-state index in [4.69, 9.17) is 0 Å². The van der Waals surface area contributed by atoms with Gasteiger partial charge in [0.1, 0.15) is 5.78 Å². The average Bonchev–Trinajstić information content (AvgIpc) is 2.71. The van der Waals surface area contributed by atoms with E-state index in [2.05, 4.69) is 36.5 Å². The van der Waals surface area contributed by atoms with Crippen LogP contribution in [0.3, 0.4) is 0 Å². The lowest BCUT2D eigenvalue weighted by Gasteiger charge is -2.43. The Morgan fingerprint density at radius 1 is 1.19 bits per heavy atom. The van der Waals surface area contributed by atoms with Gasteiger partial charge in [-0.25, -0.2) is 0 Å². The summed E-state index contributed by atoms with van der Waals surface area (Å²) in [4.78, 5) is 12.1. The molecule has 88 valence electrons. The van der Waals surface area contributed by atoms with E-state index in [1.165, 1.54) is 23.5 Å². The minimum absolute atomic E-state index is 0.0901. The third-order valence-electron chi connectivity index (χ3n) is 4.32. The first-order valence-corrected chi connectivity index (χ1v) is 8.15. The SMILES string of the molecule is C[C@@]12CCC3(C=C1CCCC2=O)SCCS3. The molecule has 0 N–H and O–H groups in total. The maximum atomic E-state index is 12.1. The number of allylic oxidation sites excluding steroid dienone is 1. The monoisotopic (exact) mass is 254 g/mol. The summed E-state index contributed by atoms with van der Waals surface area (Å²) in [5.41, 5.74) is 1.37. The number of Topliss-reactive ketones (excluding diaryl/α,β-unsaturated/α-hetero) is 1. The molecule has 1 nitrogen and oxygen atoms in total. The fourth-order valence-corrected chi connectivity index (χ4v) is 6.30. The number of hydrogen-bond donors (Lipinski definition) is 0. The lowest BCUT2D eigenvalue weighted by molar-refractivity contribution is -0.128. The molecule has 1 spiro atoms. The predicted octanol–water partition coefficient (Wildman–Crippen LogP) is 3.64. The Labute approximate surface area is 106 Å². The van der Waals surface area contributed by atoms with Crippen molar-refractivity contribution in [3.63, 3.8) is 0 Å². The van der Waals surface area contributed by atoms with Crippen LogP contribution in [-0.4, -0.2) is 21.4 Å². The van der Waals surface area contributed by atoms with Crippen LogP contribution in [-0.2, 0) is 4.79 Å². The molecule has 0 bridgehead atoms. The Hall–Kier alpha value is 0.110. The predicted molar refractivity (Wildman–Crippen MR) is 71.9 cm³/mol. The fraction of sp³-hybridized carbons (Fsp3) is 0.769. The van der Waals surface area contributed by atoms with E-state index in [1.54, 1.807) is 0 Å². The molecule has 0 aromatic rings. The first kappa shape index (κ1) is 11.2. The second-order valence-corrected chi connectivity index (χ2v) is 8.40. The van der Waals surface area contributed by atoms with Crippen LogP contribution in [0.1, 0.15) is 39.0 Å². The number of fused-ring (bicyclic) bond motifs is 1. The summed E-state index contributed by atoms with van der Waals surface area (Å²) in [5.74, 6) is 3.05. The van der Waals surface area contributed by atoms with Gasteiger partial charge >= 0.3 is 0 Å². The molecule has 0 unspecified atom stereocenters. The molecule has 2 aliphatic carbocycles. The molecule has 3 heteroatoms. The number of hydrogen-bond acceptors (Lipinski definition) is 3. The number of ketones is 1. The average molecular weight is 254 g/mol. The molecule has 0 aromatic carbocycles. The van der Waals surface area contributed by atoms with E-state index < -0.39 is 0 Å². The van der Waals surface area contributed by atoms with Gasteiger partial charge in [-0.15, -0.1) is 23.5 Å². The number of carbonyl (C=O) groups excluding carboxylic acids is 1. The first-order chi connectivity index (χ1) is 7.65. The maximum Gasteiger partial charge on any atom is 0.142 e. The molecule has 3 rings (SSSR count). The molecule has 2 fully saturated rings. The Kier molecular flexibility index (Phi) is 2.67. The lowest BCUT2D eigenvalue weighted by Crippen LogP contribution is -2.39. The van der Waals surface area contributed by atoms with Gasteiger partial charge in [0.15, 0.2) is 0 Å². The quantitative estimate of drug-likeness (QED) is 0.614. The Morgan fingerprint density at radius 2 is 1.94 bits per heavy atom. The molecule has 1 atom stereocenters. The van der Waals surface area contributed by atoms with Gasteiger partial charge in [0.25, 0.3) is 0 Å². The molecular formula is C13H18OS2. The zero-order chi connectivity index (χ0) is 11.2. The van der Waals surface area contributed by atoms with Crippen molar-refractivity contribution in [2.45, 2.75) is 43.1 Å². The number of carbonyl (C=O) groups is 1. The van der Waals surface area contributed by atoms with Crippen molar-refractivity contribution in [2.24, 2.45) is 5.41 Å². The highest BCUT2D eigenvalue weighted by Gasteiger charge is 2.47. The molecule has 1 saturated carbocycles. The highest BCUT2D eigenvalue weighted by atomic mass is 32.2. The second-order valence-electron chi connectivity index (χ2n) is 5.29. The topological polar surface area (TPSA) is 17.1 Å². The Bertz CT molecular complexity index is 355. The largest absolute Gasteiger partial charge is 0.299 e. The van der Waals surface area contributed by atoms with Crippen LogP contribution in [0.2, 0.25) is 0 Å². The molecular weight excluding hydrogens is 236 g/mol. The van der Waals surface area contributed by atoms with E-state index >= 15 is 0 Å². The third kappa shape index (κ3) is 1.59. The Morgan fingerprint density at radius 3 is 2.69 bits per heavy atom. The fourth-order valence-electron chi connectivity index (χ4n) is 3.16. The molecule has 1 aliphatic heterocycles. The van der Waals surface area contributed by atoms with Gasteiger partial charge in [0, 0.05) is 23.3 Å². The zero-order valence-electron chi connectivity index (χ0n) is 9.75. The molecule has 0 amide bonds. The normalized spacial score (nSPS) is 37.3. The van der Waals surface area contributed by atoms with Crippen LogP contribution in [0, 0.1) is 5.41 Å². The summed E-state index contributed by atoms with van der Waals surface area (Å²) in [6, 6.07) is 0. The number of thioether (sulfide) groups is 2. The Balaban J connectivity index is 1.96. The minimum Gasteiger partial charge on any atom is -0.299 e. The van der Waals surface area contributed by atoms with Crippen LogP contribution >= 0.6 is 23.5 Å². The van der Waals surface area contributed by atoms with E-state index in [0.29, 0.717) is 9.86 Å². The molecule has 1 heterocycles. The molecule has 0 aromatic heterocycles. The maximum absolute atomic E-state index is 12.1. The summed E-state index contributed by atoms with van der Waals surface area (Å²) < 4.78 is 0.340. The highest BCUT2D eigenvalue weighted by Crippen LogP contribution is 2.57. The van der Waals surface area contributed by atoms with Crippen molar-refractivity contribution in [1.82, 2.24) is 0 Å². The van der Waals surface area contributed by atoms with Gasteiger partial charge in [0.2, 0.25) is 0 Å². The van der Waals surface area contributed by atoms with Crippen LogP contribution in [0.15, 0.2) is 11.6 Å². The molecule has 0 radical (unpaired) electrons. The second kappa shape index (κ2) is 3.81. The summed E-state index contributed by atoms with van der Waals surface area (Å²) in [6.07, 6.45) is 7.78. The van der Waals surface area contributed by atoms with Crippen LogP contribution < -0.4 is 0 Å². The summed E-state index contributed by atoms with van der Waals surface area (Å²) in [7, 11) is 0. The van der Waals surface area contributed by atoms with Gasteiger partial charge in [-0.3, -0.25) is 4.79 Å². The summed E-state index contributed by atoms with van der Waals surface area (Å²) in [5, 5.41) is 0. The van der Waals surface area contributed by atoms with E-state index in [-0.39, 0.29) is 5.41 Å². The van der Waals surface area contributed by atoms with Crippen molar-refractivity contribution in [3.05, 3.63) is 11.6 Å². The lowest BCUT2D eigenvalue weighted by atomic mass is 9.65. The smallest absolute Gasteiger partial charge is 0.142 e. The van der Waals surface area contributed by atoms with Gasteiger partial charge in [-0.2, -0.15) is 0 Å².